The number of ether oxygens (including phenoxy) is 2. The summed E-state index contributed by atoms with van der Waals surface area (Å²) in [6.45, 7) is 3.54. The summed E-state index contributed by atoms with van der Waals surface area (Å²) in [5.41, 5.74) is 0. The molecule has 0 aromatic rings. The molecule has 3 atom stereocenters. The summed E-state index contributed by atoms with van der Waals surface area (Å²) in [6.07, 6.45) is -0.978. The van der Waals surface area contributed by atoms with Gasteiger partial charge in [0.15, 0.2) is 5.79 Å². The van der Waals surface area contributed by atoms with E-state index >= 15 is 0 Å². The minimum Gasteiger partial charge on any atom is -0.394 e. The van der Waals surface area contributed by atoms with Gasteiger partial charge in [0.05, 0.1) is 13.2 Å². The summed E-state index contributed by atoms with van der Waals surface area (Å²) in [5.74, 6) is -0.937. The highest BCUT2D eigenvalue weighted by Gasteiger charge is 2.40. The van der Waals surface area contributed by atoms with Crippen LogP contribution in [-0.2, 0) is 9.47 Å². The van der Waals surface area contributed by atoms with E-state index in [9.17, 15) is 5.11 Å². The second kappa shape index (κ2) is 3.06. The molecule has 3 unspecified atom stereocenters. The smallest absolute Gasteiger partial charge is 0.191 e. The van der Waals surface area contributed by atoms with Crippen LogP contribution in [0.25, 0.3) is 0 Å². The first-order valence-corrected chi connectivity index (χ1v) is 3.69. The van der Waals surface area contributed by atoms with E-state index in [4.69, 9.17) is 14.6 Å². The molecule has 0 aliphatic carbocycles. The Morgan fingerprint density at radius 1 is 1.73 bits per heavy atom. The summed E-state index contributed by atoms with van der Waals surface area (Å²) in [7, 11) is 0. The topological polar surface area (TPSA) is 58.9 Å². The molecular weight excluding hydrogens is 148 g/mol. The highest BCUT2D eigenvalue weighted by Crippen LogP contribution is 2.26. The molecule has 1 saturated heterocycles. The third-order valence-electron chi connectivity index (χ3n) is 1.92. The quantitative estimate of drug-likeness (QED) is 0.574. The first kappa shape index (κ1) is 8.93. The molecule has 0 aromatic heterocycles. The highest BCUT2D eigenvalue weighted by molar-refractivity contribution is 4.78. The van der Waals surface area contributed by atoms with Gasteiger partial charge in [-0.1, -0.05) is 0 Å². The summed E-state index contributed by atoms with van der Waals surface area (Å²) in [6, 6.07) is 0. The fraction of sp³-hybridized carbons (Fsp3) is 1.00. The van der Waals surface area contributed by atoms with E-state index in [-0.39, 0.29) is 12.7 Å². The molecule has 0 saturated carbocycles. The zero-order valence-corrected chi connectivity index (χ0v) is 6.78. The third-order valence-corrected chi connectivity index (χ3v) is 1.92. The zero-order chi connectivity index (χ0) is 8.48. The van der Waals surface area contributed by atoms with Gasteiger partial charge in [-0.05, 0) is 13.8 Å². The van der Waals surface area contributed by atoms with Crippen LogP contribution in [0.1, 0.15) is 13.8 Å². The van der Waals surface area contributed by atoms with E-state index < -0.39 is 11.9 Å². The van der Waals surface area contributed by atoms with Crippen molar-refractivity contribution in [2.45, 2.75) is 31.8 Å². The lowest BCUT2D eigenvalue weighted by atomic mass is 10.2. The summed E-state index contributed by atoms with van der Waals surface area (Å²) in [4.78, 5) is 0. The van der Waals surface area contributed by atoms with Crippen molar-refractivity contribution in [3.63, 3.8) is 0 Å². The van der Waals surface area contributed by atoms with Crippen LogP contribution in [0.2, 0.25) is 0 Å². The van der Waals surface area contributed by atoms with Crippen LogP contribution in [0.15, 0.2) is 0 Å². The standard InChI is InChI=1S/C7H14O4/c1-5(9)7(2)10-4-6(3-8)11-7/h5-6,8-9H,3-4H2,1-2H3. The van der Waals surface area contributed by atoms with Gasteiger partial charge in [0.1, 0.15) is 12.2 Å². The van der Waals surface area contributed by atoms with Gasteiger partial charge in [-0.25, -0.2) is 0 Å². The largest absolute Gasteiger partial charge is 0.394 e. The molecule has 0 aromatic carbocycles. The molecule has 1 aliphatic rings. The first-order chi connectivity index (χ1) is 5.08. The maximum atomic E-state index is 9.19. The third kappa shape index (κ3) is 1.70. The minimum atomic E-state index is -0.937. The molecule has 11 heavy (non-hydrogen) atoms. The molecule has 0 spiro atoms. The predicted molar refractivity (Wildman–Crippen MR) is 38.0 cm³/mol. The predicted octanol–water partition coefficient (Wildman–Crippen LogP) is -0.509. The summed E-state index contributed by atoms with van der Waals surface area (Å²) >= 11 is 0. The van der Waals surface area contributed by atoms with Crippen molar-refractivity contribution in [1.82, 2.24) is 0 Å². The van der Waals surface area contributed by atoms with Crippen LogP contribution in [0.4, 0.5) is 0 Å². The van der Waals surface area contributed by atoms with Crippen molar-refractivity contribution in [1.29, 1.82) is 0 Å². The molecule has 1 fully saturated rings. The van der Waals surface area contributed by atoms with Crippen LogP contribution in [-0.4, -0.2) is 41.4 Å². The number of aliphatic hydroxyl groups excluding tert-OH is 2. The van der Waals surface area contributed by atoms with Crippen molar-refractivity contribution in [3.8, 4) is 0 Å². The summed E-state index contributed by atoms with van der Waals surface area (Å²) in [5, 5.41) is 17.9. The fourth-order valence-electron chi connectivity index (χ4n) is 0.966. The Morgan fingerprint density at radius 3 is 2.64 bits per heavy atom. The monoisotopic (exact) mass is 162 g/mol. The van der Waals surface area contributed by atoms with Gasteiger partial charge in [0.25, 0.3) is 0 Å². The van der Waals surface area contributed by atoms with Crippen LogP contribution < -0.4 is 0 Å². The van der Waals surface area contributed by atoms with Crippen molar-refractivity contribution in [2.75, 3.05) is 13.2 Å². The molecule has 0 bridgehead atoms. The fourth-order valence-corrected chi connectivity index (χ4v) is 0.966. The second-order valence-corrected chi connectivity index (χ2v) is 2.93. The van der Waals surface area contributed by atoms with Gasteiger partial charge in [-0.2, -0.15) is 0 Å². The van der Waals surface area contributed by atoms with E-state index in [1.807, 2.05) is 0 Å². The van der Waals surface area contributed by atoms with Crippen molar-refractivity contribution >= 4 is 0 Å². The number of aliphatic hydroxyl groups is 2. The maximum Gasteiger partial charge on any atom is 0.191 e. The van der Waals surface area contributed by atoms with E-state index in [2.05, 4.69) is 0 Å². The van der Waals surface area contributed by atoms with E-state index in [1.165, 1.54) is 0 Å². The molecule has 0 amide bonds. The van der Waals surface area contributed by atoms with Crippen LogP contribution in [0.3, 0.4) is 0 Å². The Hall–Kier alpha value is -0.160. The van der Waals surface area contributed by atoms with Crippen molar-refractivity contribution in [3.05, 3.63) is 0 Å². The van der Waals surface area contributed by atoms with E-state index in [1.54, 1.807) is 13.8 Å². The lowest BCUT2D eigenvalue weighted by Crippen LogP contribution is -2.39. The van der Waals surface area contributed by atoms with Crippen LogP contribution in [0.5, 0.6) is 0 Å². The van der Waals surface area contributed by atoms with Gasteiger partial charge < -0.3 is 19.7 Å². The highest BCUT2D eigenvalue weighted by atomic mass is 16.8. The Bertz CT molecular complexity index is 136. The normalized spacial score (nSPS) is 40.9. The van der Waals surface area contributed by atoms with Gasteiger partial charge in [0.2, 0.25) is 0 Å². The van der Waals surface area contributed by atoms with Crippen molar-refractivity contribution < 1.29 is 19.7 Å². The lowest BCUT2D eigenvalue weighted by Gasteiger charge is -2.25. The Morgan fingerprint density at radius 2 is 2.36 bits per heavy atom. The van der Waals surface area contributed by atoms with Crippen molar-refractivity contribution in [2.24, 2.45) is 0 Å². The number of hydrogen-bond donors (Lipinski definition) is 2. The molecule has 66 valence electrons. The SMILES string of the molecule is CC(O)C1(C)OCC(CO)O1. The molecule has 1 aliphatic heterocycles. The van der Waals surface area contributed by atoms with Crippen LogP contribution >= 0.6 is 0 Å². The van der Waals surface area contributed by atoms with E-state index in [0.29, 0.717) is 6.61 Å². The Labute approximate surface area is 65.7 Å². The molecule has 4 nitrogen and oxygen atoms in total. The van der Waals surface area contributed by atoms with Gasteiger partial charge >= 0.3 is 0 Å². The Kier molecular flexibility index (Phi) is 2.49. The molecule has 4 heteroatoms. The maximum absolute atomic E-state index is 9.19. The zero-order valence-electron chi connectivity index (χ0n) is 6.78. The lowest BCUT2D eigenvalue weighted by molar-refractivity contribution is -0.212. The van der Waals surface area contributed by atoms with Gasteiger partial charge in [0, 0.05) is 0 Å². The molecule has 1 rings (SSSR count). The van der Waals surface area contributed by atoms with Gasteiger partial charge in [-0.15, -0.1) is 0 Å². The Balaban J connectivity index is 2.50. The molecule has 0 radical (unpaired) electrons. The number of hydrogen-bond acceptors (Lipinski definition) is 4. The minimum absolute atomic E-state index is 0.0672. The average Bonchev–Trinajstić information content (AvgIpc) is 2.33. The molecular formula is C7H14O4. The van der Waals surface area contributed by atoms with Crippen LogP contribution in [0, 0.1) is 0 Å². The molecule has 2 N–H and O–H groups in total. The second-order valence-electron chi connectivity index (χ2n) is 2.93. The summed E-state index contributed by atoms with van der Waals surface area (Å²) < 4.78 is 10.4. The van der Waals surface area contributed by atoms with E-state index in [0.717, 1.165) is 0 Å². The first-order valence-electron chi connectivity index (χ1n) is 3.69. The molecule has 1 heterocycles. The number of rotatable bonds is 2. The average molecular weight is 162 g/mol. The van der Waals surface area contributed by atoms with Gasteiger partial charge in [-0.3, -0.25) is 0 Å².